The van der Waals surface area contributed by atoms with Crippen LogP contribution in [0.1, 0.15) is 24.4 Å². The third-order valence-corrected chi connectivity index (χ3v) is 5.16. The number of hydrogen-bond acceptors (Lipinski definition) is 8. The van der Waals surface area contributed by atoms with Crippen molar-refractivity contribution in [3.63, 3.8) is 0 Å². The number of benzene rings is 1. The Labute approximate surface area is 177 Å². The van der Waals surface area contributed by atoms with Crippen molar-refractivity contribution in [3.8, 4) is 11.4 Å². The molecule has 4 N–H and O–H groups in total. The molecule has 1 fully saturated rings. The van der Waals surface area contributed by atoms with Crippen LogP contribution in [0.25, 0.3) is 11.4 Å². The highest BCUT2D eigenvalue weighted by atomic mass is 19.1. The van der Waals surface area contributed by atoms with Gasteiger partial charge in [0.2, 0.25) is 17.8 Å². The summed E-state index contributed by atoms with van der Waals surface area (Å²) in [5.74, 6) is 1.16. The molecule has 0 amide bonds. The number of aromatic amines is 1. The number of pyridine rings is 1. The van der Waals surface area contributed by atoms with Gasteiger partial charge in [-0.3, -0.25) is 10.1 Å². The Morgan fingerprint density at radius 1 is 1.10 bits per heavy atom. The Balaban J connectivity index is 1.39. The van der Waals surface area contributed by atoms with E-state index in [-0.39, 0.29) is 17.8 Å². The monoisotopic (exact) mass is 417 g/mol. The lowest BCUT2D eigenvalue weighted by molar-refractivity contribution is 0.624. The Kier molecular flexibility index (Phi) is 4.87. The van der Waals surface area contributed by atoms with Crippen LogP contribution in [0.5, 0.6) is 0 Å². The van der Waals surface area contributed by atoms with E-state index < -0.39 is 0 Å². The van der Waals surface area contributed by atoms with Crippen molar-refractivity contribution in [3.05, 3.63) is 66.1 Å². The van der Waals surface area contributed by atoms with E-state index in [2.05, 4.69) is 40.3 Å². The lowest BCUT2D eigenvalue weighted by Gasteiger charge is -2.25. The molecule has 31 heavy (non-hydrogen) atoms. The molecule has 1 aliphatic rings. The minimum atomic E-state index is -0.256. The zero-order valence-corrected chi connectivity index (χ0v) is 16.5. The summed E-state index contributed by atoms with van der Waals surface area (Å²) < 4.78 is 13.3. The fourth-order valence-electron chi connectivity index (χ4n) is 3.76. The van der Waals surface area contributed by atoms with Crippen LogP contribution in [-0.2, 0) is 0 Å². The lowest BCUT2D eigenvalue weighted by atomic mass is 10.0. The SMILES string of the molecule is Nc1nc(Nc2cc(-c3ccccn3)[nH]n2)nc(N2CCCC2c2ccc(F)cc2)n1. The highest BCUT2D eigenvalue weighted by Gasteiger charge is 2.29. The number of nitrogen functional groups attached to an aromatic ring is 1. The summed E-state index contributed by atoms with van der Waals surface area (Å²) in [5.41, 5.74) is 8.52. The maximum Gasteiger partial charge on any atom is 0.235 e. The molecule has 1 saturated heterocycles. The van der Waals surface area contributed by atoms with Gasteiger partial charge in [-0.05, 0) is 42.7 Å². The molecule has 4 aromatic rings. The molecular weight excluding hydrogens is 397 g/mol. The summed E-state index contributed by atoms with van der Waals surface area (Å²) in [6.45, 7) is 0.775. The van der Waals surface area contributed by atoms with Crippen LogP contribution in [0.4, 0.5) is 28.1 Å². The summed E-state index contributed by atoms with van der Waals surface area (Å²) in [7, 11) is 0. The van der Waals surface area contributed by atoms with E-state index in [4.69, 9.17) is 5.73 Å². The smallest absolute Gasteiger partial charge is 0.235 e. The van der Waals surface area contributed by atoms with E-state index >= 15 is 0 Å². The Morgan fingerprint density at radius 3 is 2.77 bits per heavy atom. The molecule has 1 aliphatic heterocycles. The van der Waals surface area contributed by atoms with E-state index in [1.165, 1.54) is 12.1 Å². The molecule has 1 atom stereocenters. The molecule has 0 bridgehead atoms. The Morgan fingerprint density at radius 2 is 1.97 bits per heavy atom. The topological polar surface area (TPSA) is 122 Å². The standard InChI is InChI=1S/C21H20FN9/c22-14-8-6-13(7-9-14)17-5-3-11-31(17)21-27-19(23)26-20(28-21)25-18-12-16(29-30-18)15-4-1-2-10-24-15/h1-2,4,6-10,12,17H,3,5,11H2,(H4,23,25,26,27,28,29,30). The first-order valence-corrected chi connectivity index (χ1v) is 9.93. The minimum Gasteiger partial charge on any atom is -0.368 e. The lowest BCUT2D eigenvalue weighted by Crippen LogP contribution is -2.25. The van der Waals surface area contributed by atoms with E-state index in [1.807, 2.05) is 24.3 Å². The third-order valence-electron chi connectivity index (χ3n) is 5.16. The molecule has 3 aromatic heterocycles. The van der Waals surface area contributed by atoms with Crippen LogP contribution in [0.15, 0.2) is 54.7 Å². The van der Waals surface area contributed by atoms with Crippen LogP contribution in [0, 0.1) is 5.82 Å². The molecule has 9 nitrogen and oxygen atoms in total. The van der Waals surface area contributed by atoms with E-state index in [0.29, 0.717) is 17.7 Å². The largest absolute Gasteiger partial charge is 0.368 e. The van der Waals surface area contributed by atoms with Crippen LogP contribution in [-0.4, -0.2) is 36.7 Å². The van der Waals surface area contributed by atoms with Gasteiger partial charge in [0.1, 0.15) is 5.82 Å². The second kappa shape index (κ2) is 7.98. The van der Waals surface area contributed by atoms with E-state index in [0.717, 1.165) is 36.3 Å². The Bertz CT molecular complexity index is 1180. The highest BCUT2D eigenvalue weighted by molar-refractivity contribution is 5.61. The van der Waals surface area contributed by atoms with Crippen molar-refractivity contribution in [2.45, 2.75) is 18.9 Å². The number of halogens is 1. The molecule has 1 unspecified atom stereocenters. The van der Waals surface area contributed by atoms with Crippen molar-refractivity contribution < 1.29 is 4.39 Å². The second-order valence-corrected chi connectivity index (χ2v) is 7.23. The van der Waals surface area contributed by atoms with Crippen molar-refractivity contribution in [2.75, 3.05) is 22.5 Å². The molecule has 0 spiro atoms. The van der Waals surface area contributed by atoms with Crippen LogP contribution in [0.2, 0.25) is 0 Å². The van der Waals surface area contributed by atoms with E-state index in [9.17, 15) is 4.39 Å². The van der Waals surface area contributed by atoms with Gasteiger partial charge < -0.3 is 16.0 Å². The van der Waals surface area contributed by atoms with Gasteiger partial charge >= 0.3 is 0 Å². The fraction of sp³-hybridized carbons (Fsp3) is 0.190. The predicted molar refractivity (Wildman–Crippen MR) is 115 cm³/mol. The second-order valence-electron chi connectivity index (χ2n) is 7.23. The average molecular weight is 417 g/mol. The van der Waals surface area contributed by atoms with Crippen LogP contribution < -0.4 is 16.0 Å². The van der Waals surface area contributed by atoms with Gasteiger partial charge in [0.15, 0.2) is 5.82 Å². The summed E-state index contributed by atoms with van der Waals surface area (Å²) in [6.07, 6.45) is 3.62. The normalized spacial score (nSPS) is 15.9. The predicted octanol–water partition coefficient (Wildman–Crippen LogP) is 3.46. The number of rotatable bonds is 5. The molecule has 4 heterocycles. The molecule has 156 valence electrons. The maximum absolute atomic E-state index is 13.3. The number of H-pyrrole nitrogens is 1. The first-order valence-electron chi connectivity index (χ1n) is 9.93. The van der Waals surface area contributed by atoms with Gasteiger partial charge in [0.05, 0.1) is 17.4 Å². The highest BCUT2D eigenvalue weighted by Crippen LogP contribution is 2.35. The zero-order valence-electron chi connectivity index (χ0n) is 16.5. The molecule has 0 aliphatic carbocycles. The van der Waals surface area contributed by atoms with Crippen molar-refractivity contribution >= 4 is 23.7 Å². The molecule has 0 saturated carbocycles. The fourth-order valence-corrected chi connectivity index (χ4v) is 3.76. The van der Waals surface area contributed by atoms with Crippen LogP contribution in [0.3, 0.4) is 0 Å². The third kappa shape index (κ3) is 4.00. The average Bonchev–Trinajstić information content (AvgIpc) is 3.44. The molecule has 1 aromatic carbocycles. The van der Waals surface area contributed by atoms with Gasteiger partial charge in [-0.15, -0.1) is 0 Å². The number of nitrogens with one attached hydrogen (secondary N) is 2. The van der Waals surface area contributed by atoms with E-state index in [1.54, 1.807) is 18.3 Å². The van der Waals surface area contributed by atoms with Crippen molar-refractivity contribution in [1.82, 2.24) is 30.1 Å². The number of aromatic nitrogens is 6. The number of nitrogens with two attached hydrogens (primary N) is 1. The zero-order chi connectivity index (χ0) is 21.2. The molecule has 5 rings (SSSR count). The summed E-state index contributed by atoms with van der Waals surface area (Å²) in [4.78, 5) is 19.5. The first-order chi connectivity index (χ1) is 15.2. The molecular formula is C21H20FN9. The van der Waals surface area contributed by atoms with Gasteiger partial charge in [0.25, 0.3) is 0 Å². The quantitative estimate of drug-likeness (QED) is 0.451. The minimum absolute atomic E-state index is 0.0522. The van der Waals surface area contributed by atoms with Crippen LogP contribution >= 0.6 is 0 Å². The summed E-state index contributed by atoms with van der Waals surface area (Å²) in [6, 6.07) is 14.0. The Hall–Kier alpha value is -4.08. The number of nitrogens with zero attached hydrogens (tertiary/aromatic N) is 6. The first kappa shape index (κ1) is 18.9. The maximum atomic E-state index is 13.3. The van der Waals surface area contributed by atoms with Gasteiger partial charge in [-0.25, -0.2) is 4.39 Å². The number of hydrogen-bond donors (Lipinski definition) is 3. The van der Waals surface area contributed by atoms with Crippen molar-refractivity contribution in [1.29, 1.82) is 0 Å². The van der Waals surface area contributed by atoms with Crippen molar-refractivity contribution in [2.24, 2.45) is 0 Å². The molecule has 0 radical (unpaired) electrons. The van der Waals surface area contributed by atoms with Gasteiger partial charge in [0, 0.05) is 18.8 Å². The summed E-state index contributed by atoms with van der Waals surface area (Å²) in [5, 5.41) is 10.3. The van der Waals surface area contributed by atoms with Gasteiger partial charge in [-0.2, -0.15) is 20.1 Å². The summed E-state index contributed by atoms with van der Waals surface area (Å²) >= 11 is 0. The molecule has 10 heteroatoms. The van der Waals surface area contributed by atoms with Gasteiger partial charge in [-0.1, -0.05) is 18.2 Å². The number of anilines is 4.